The highest BCUT2D eigenvalue weighted by molar-refractivity contribution is 6.42. The quantitative estimate of drug-likeness (QED) is 0.789. The fraction of sp³-hybridized carbons (Fsp3) is 0.588. The molecule has 0 aromatic heterocycles. The van der Waals surface area contributed by atoms with Crippen molar-refractivity contribution in [3.8, 4) is 0 Å². The van der Waals surface area contributed by atoms with Crippen molar-refractivity contribution in [1.29, 1.82) is 0 Å². The van der Waals surface area contributed by atoms with Gasteiger partial charge in [-0.2, -0.15) is 0 Å². The normalized spacial score (nSPS) is 14.2. The number of hydrogen-bond acceptors (Lipinski definition) is 3. The first-order valence-corrected chi connectivity index (χ1v) is 8.69. The first-order chi connectivity index (χ1) is 10.9. The van der Waals surface area contributed by atoms with Gasteiger partial charge in [0.25, 0.3) is 0 Å². The molecule has 4 nitrogen and oxygen atoms in total. The number of rotatable bonds is 7. The smallest absolute Gasteiger partial charge is 0.410 e. The van der Waals surface area contributed by atoms with E-state index >= 15 is 0 Å². The molecular formula is C17H23Cl2NO3. The van der Waals surface area contributed by atoms with Crippen molar-refractivity contribution in [3.63, 3.8) is 0 Å². The molecule has 0 spiro atoms. The summed E-state index contributed by atoms with van der Waals surface area (Å²) in [6.45, 7) is 4.83. The van der Waals surface area contributed by atoms with Crippen molar-refractivity contribution in [2.45, 2.75) is 45.7 Å². The van der Waals surface area contributed by atoms with Crippen LogP contribution in [0, 0.1) is 5.92 Å². The van der Waals surface area contributed by atoms with Gasteiger partial charge in [0.2, 0.25) is 0 Å². The van der Waals surface area contributed by atoms with Crippen LogP contribution in [0.4, 0.5) is 4.79 Å². The second-order valence-electron chi connectivity index (χ2n) is 6.35. The van der Waals surface area contributed by atoms with Crippen molar-refractivity contribution in [2.24, 2.45) is 5.92 Å². The van der Waals surface area contributed by atoms with Crippen molar-refractivity contribution in [3.05, 3.63) is 33.3 Å². The molecule has 1 aliphatic carbocycles. The topological polar surface area (TPSA) is 49.8 Å². The molecule has 0 bridgehead atoms. The molecule has 1 aromatic carbocycles. The molecule has 1 saturated carbocycles. The van der Waals surface area contributed by atoms with Crippen LogP contribution in [0.15, 0.2) is 12.1 Å². The van der Waals surface area contributed by atoms with Gasteiger partial charge in [-0.1, -0.05) is 43.1 Å². The third-order valence-corrected chi connectivity index (χ3v) is 4.51. The zero-order valence-corrected chi connectivity index (χ0v) is 15.0. The lowest BCUT2D eigenvalue weighted by molar-refractivity contribution is 0.0870. The highest BCUT2D eigenvalue weighted by Crippen LogP contribution is 2.33. The minimum atomic E-state index is -0.305. The molecule has 23 heavy (non-hydrogen) atoms. The van der Waals surface area contributed by atoms with Crippen LogP contribution in [0.1, 0.15) is 37.8 Å². The summed E-state index contributed by atoms with van der Waals surface area (Å²) in [4.78, 5) is 14.1. The van der Waals surface area contributed by atoms with Gasteiger partial charge in [0.15, 0.2) is 0 Å². The molecule has 0 saturated heterocycles. The molecule has 0 unspecified atom stereocenters. The number of benzene rings is 1. The predicted octanol–water partition coefficient (Wildman–Crippen LogP) is 4.29. The summed E-state index contributed by atoms with van der Waals surface area (Å²) < 4.78 is 5.36. The Hall–Kier alpha value is -0.970. The van der Waals surface area contributed by atoms with Crippen LogP contribution in [0.25, 0.3) is 0 Å². The summed E-state index contributed by atoms with van der Waals surface area (Å²) in [7, 11) is 0. The van der Waals surface area contributed by atoms with Gasteiger partial charge in [0.1, 0.15) is 0 Å². The molecule has 0 atom stereocenters. The number of ether oxygens (including phenoxy) is 1. The molecule has 128 valence electrons. The van der Waals surface area contributed by atoms with E-state index in [9.17, 15) is 4.79 Å². The average molecular weight is 360 g/mol. The lowest BCUT2D eigenvalue weighted by atomic mass is 10.1. The Bertz CT molecular complexity index is 559. The number of nitrogens with zero attached hydrogens (tertiary/aromatic N) is 1. The Kier molecular flexibility index (Phi) is 6.57. The molecule has 0 heterocycles. The van der Waals surface area contributed by atoms with Crippen LogP contribution >= 0.6 is 23.2 Å². The largest absolute Gasteiger partial charge is 0.449 e. The lowest BCUT2D eigenvalue weighted by Crippen LogP contribution is -2.34. The molecule has 0 aliphatic heterocycles. The van der Waals surface area contributed by atoms with Crippen LogP contribution in [-0.2, 0) is 17.7 Å². The molecule has 1 fully saturated rings. The highest BCUT2D eigenvalue weighted by Gasteiger charge is 2.34. The van der Waals surface area contributed by atoms with Crippen LogP contribution in [-0.4, -0.2) is 35.4 Å². The van der Waals surface area contributed by atoms with Gasteiger partial charge in [0.05, 0.1) is 23.2 Å². The van der Waals surface area contributed by atoms with Gasteiger partial charge < -0.3 is 14.7 Å². The van der Waals surface area contributed by atoms with Crippen molar-refractivity contribution in [2.75, 3.05) is 13.2 Å². The lowest BCUT2D eigenvalue weighted by Gasteiger charge is -2.23. The predicted molar refractivity (Wildman–Crippen MR) is 92.0 cm³/mol. The fourth-order valence-electron chi connectivity index (χ4n) is 2.33. The van der Waals surface area contributed by atoms with E-state index in [-0.39, 0.29) is 18.7 Å². The van der Waals surface area contributed by atoms with Gasteiger partial charge in [-0.25, -0.2) is 4.79 Å². The maximum atomic E-state index is 12.3. The van der Waals surface area contributed by atoms with Crippen molar-refractivity contribution < 1.29 is 14.6 Å². The Morgan fingerprint density at radius 2 is 2.09 bits per heavy atom. The summed E-state index contributed by atoms with van der Waals surface area (Å²) in [6.07, 6.45) is 2.17. The minimum absolute atomic E-state index is 0.0418. The zero-order chi connectivity index (χ0) is 17.0. The van der Waals surface area contributed by atoms with Crippen LogP contribution in [0.3, 0.4) is 0 Å². The first-order valence-electron chi connectivity index (χ1n) is 7.93. The number of hydrogen-bond donors (Lipinski definition) is 1. The number of halogens is 2. The second-order valence-corrected chi connectivity index (χ2v) is 7.14. The summed E-state index contributed by atoms with van der Waals surface area (Å²) in [5.41, 5.74) is 1.69. The van der Waals surface area contributed by atoms with Crippen LogP contribution in [0.2, 0.25) is 10.0 Å². The Morgan fingerprint density at radius 1 is 1.39 bits per heavy atom. The molecule has 1 N–H and O–H groups in total. The number of aliphatic hydroxyl groups excluding tert-OH is 1. The van der Waals surface area contributed by atoms with Gasteiger partial charge in [-0.05, 0) is 42.4 Å². The summed E-state index contributed by atoms with van der Waals surface area (Å²) in [6, 6.07) is 3.86. The number of carbonyl (C=O) groups excluding carboxylic acids is 1. The summed E-state index contributed by atoms with van der Waals surface area (Å²) >= 11 is 12.5. The molecule has 2 rings (SSSR count). The average Bonchev–Trinajstić information content (AvgIpc) is 3.31. The van der Waals surface area contributed by atoms with Gasteiger partial charge in [0, 0.05) is 12.6 Å². The van der Waals surface area contributed by atoms with E-state index in [0.717, 1.165) is 24.0 Å². The third-order valence-electron chi connectivity index (χ3n) is 3.67. The maximum absolute atomic E-state index is 12.3. The van der Waals surface area contributed by atoms with E-state index in [0.29, 0.717) is 35.5 Å². The minimum Gasteiger partial charge on any atom is -0.449 e. The van der Waals surface area contributed by atoms with E-state index < -0.39 is 0 Å². The van der Waals surface area contributed by atoms with E-state index in [1.165, 1.54) is 0 Å². The number of aliphatic hydroxyl groups is 1. The molecule has 1 aliphatic rings. The van der Waals surface area contributed by atoms with Crippen LogP contribution < -0.4 is 0 Å². The monoisotopic (exact) mass is 359 g/mol. The van der Waals surface area contributed by atoms with Crippen molar-refractivity contribution in [1.82, 2.24) is 4.90 Å². The summed E-state index contributed by atoms with van der Waals surface area (Å²) in [5.74, 6) is 0.297. The van der Waals surface area contributed by atoms with E-state index in [1.54, 1.807) is 11.0 Å². The zero-order valence-electron chi connectivity index (χ0n) is 13.5. The maximum Gasteiger partial charge on any atom is 0.410 e. The Labute approximate surface area is 147 Å². The molecule has 0 radical (unpaired) electrons. The number of carbonyl (C=O) groups is 1. The molecule has 6 heteroatoms. The first kappa shape index (κ1) is 18.4. The van der Waals surface area contributed by atoms with Crippen LogP contribution in [0.5, 0.6) is 0 Å². The van der Waals surface area contributed by atoms with Gasteiger partial charge in [-0.15, -0.1) is 0 Å². The summed E-state index contributed by atoms with van der Waals surface area (Å²) in [5, 5.41) is 10.00. The SMILES string of the molecule is CC(C)COC(=O)N(Cc1cc(CCO)cc(Cl)c1Cl)C1CC1. The number of amides is 1. The molecular weight excluding hydrogens is 337 g/mol. The third kappa shape index (κ3) is 5.27. The van der Waals surface area contributed by atoms with E-state index in [4.69, 9.17) is 33.0 Å². The molecule has 1 amide bonds. The van der Waals surface area contributed by atoms with Crippen molar-refractivity contribution >= 4 is 29.3 Å². The van der Waals surface area contributed by atoms with E-state index in [1.807, 2.05) is 19.9 Å². The van der Waals surface area contributed by atoms with Gasteiger partial charge in [-0.3, -0.25) is 0 Å². The standard InChI is InChI=1S/C17H23Cl2NO3/c1-11(2)10-23-17(22)20(14-3-4-14)9-13-7-12(5-6-21)8-15(18)16(13)19/h7-8,11,14,21H,3-6,9-10H2,1-2H3. The van der Waals surface area contributed by atoms with E-state index in [2.05, 4.69) is 0 Å². The van der Waals surface area contributed by atoms with Gasteiger partial charge >= 0.3 is 6.09 Å². The fourth-order valence-corrected chi connectivity index (χ4v) is 2.76. The second kappa shape index (κ2) is 8.22. The Morgan fingerprint density at radius 3 is 2.65 bits per heavy atom. The molecule has 1 aromatic rings. The highest BCUT2D eigenvalue weighted by atomic mass is 35.5. The Balaban J connectivity index is 2.15.